The Morgan fingerprint density at radius 1 is 1.06 bits per heavy atom. The van der Waals surface area contributed by atoms with Crippen molar-refractivity contribution in [3.63, 3.8) is 0 Å². The van der Waals surface area contributed by atoms with Crippen molar-refractivity contribution in [2.45, 2.75) is 11.8 Å². The van der Waals surface area contributed by atoms with Crippen molar-refractivity contribution >= 4 is 67.0 Å². The summed E-state index contributed by atoms with van der Waals surface area (Å²) in [5.74, 6) is -0.620. The van der Waals surface area contributed by atoms with Gasteiger partial charge in [-0.2, -0.15) is 5.10 Å². The molecule has 0 radical (unpaired) electrons. The number of hydrogen-bond donors (Lipinski definition) is 1. The molecule has 32 heavy (non-hydrogen) atoms. The predicted molar refractivity (Wildman–Crippen MR) is 132 cm³/mol. The van der Waals surface area contributed by atoms with Crippen LogP contribution in [0.25, 0.3) is 0 Å². The molecule has 0 aromatic heterocycles. The minimum atomic E-state index is -4.00. The van der Waals surface area contributed by atoms with Gasteiger partial charge in [0.2, 0.25) is 0 Å². The van der Waals surface area contributed by atoms with Crippen molar-refractivity contribution in [2.24, 2.45) is 5.10 Å². The van der Waals surface area contributed by atoms with Crippen LogP contribution >= 0.6 is 39.1 Å². The molecule has 0 fully saturated rings. The lowest BCUT2D eigenvalue weighted by atomic mass is 10.2. The van der Waals surface area contributed by atoms with Crippen LogP contribution in [-0.2, 0) is 14.8 Å². The zero-order valence-electron chi connectivity index (χ0n) is 16.8. The Labute approximate surface area is 205 Å². The summed E-state index contributed by atoms with van der Waals surface area (Å²) in [7, 11) is -4.00. The summed E-state index contributed by atoms with van der Waals surface area (Å²) < 4.78 is 28.4. The lowest BCUT2D eigenvalue weighted by molar-refractivity contribution is -0.119. The number of hydrazone groups is 1. The van der Waals surface area contributed by atoms with Gasteiger partial charge in [-0.15, -0.1) is 0 Å². The van der Waals surface area contributed by atoms with Crippen molar-refractivity contribution in [3.05, 3.63) is 92.4 Å². The Bertz CT molecular complexity index is 1250. The summed E-state index contributed by atoms with van der Waals surface area (Å²) in [4.78, 5) is 12.6. The molecule has 0 bridgehead atoms. The van der Waals surface area contributed by atoms with Crippen LogP contribution in [0.3, 0.4) is 0 Å². The van der Waals surface area contributed by atoms with Gasteiger partial charge in [-0.05, 0) is 55.5 Å². The number of amides is 1. The quantitative estimate of drug-likeness (QED) is 0.313. The number of sulfonamides is 1. The molecule has 0 aliphatic heterocycles. The van der Waals surface area contributed by atoms with Crippen molar-refractivity contribution in [1.29, 1.82) is 0 Å². The number of nitrogens with zero attached hydrogens (tertiary/aromatic N) is 2. The van der Waals surface area contributed by atoms with Gasteiger partial charge in [-0.3, -0.25) is 9.10 Å². The lowest BCUT2D eigenvalue weighted by Gasteiger charge is -2.23. The number of aryl methyl sites for hydroxylation is 1. The lowest BCUT2D eigenvalue weighted by Crippen LogP contribution is -2.39. The molecule has 3 rings (SSSR count). The summed E-state index contributed by atoms with van der Waals surface area (Å²) in [5.41, 5.74) is 4.15. The molecular formula is C22H18BrCl2N3O3S. The van der Waals surface area contributed by atoms with Crippen molar-refractivity contribution in [2.75, 3.05) is 10.8 Å². The van der Waals surface area contributed by atoms with E-state index in [9.17, 15) is 13.2 Å². The van der Waals surface area contributed by atoms with Gasteiger partial charge in [0.1, 0.15) is 6.54 Å². The molecule has 0 unspecified atom stereocenters. The van der Waals surface area contributed by atoms with Gasteiger partial charge in [0.15, 0.2) is 0 Å². The summed E-state index contributed by atoms with van der Waals surface area (Å²) in [6.07, 6.45) is 1.36. The standard InChI is InChI=1S/C22H18BrCl2N3O3S/c1-15-2-10-20(11-3-15)32(30,31)28(19-8-5-17(23)6-9-19)14-22(29)27-26-13-16-4-7-18(24)12-21(16)25/h2-13H,14H2,1H3,(H,27,29)/b26-13-. The molecule has 0 saturated heterocycles. The van der Waals surface area contributed by atoms with E-state index in [1.165, 1.54) is 18.3 Å². The molecular weight excluding hydrogens is 537 g/mol. The van der Waals surface area contributed by atoms with E-state index in [2.05, 4.69) is 26.5 Å². The van der Waals surface area contributed by atoms with Crippen molar-refractivity contribution < 1.29 is 13.2 Å². The van der Waals surface area contributed by atoms with E-state index in [1.807, 2.05) is 6.92 Å². The van der Waals surface area contributed by atoms with Crippen LogP contribution in [0.15, 0.2) is 81.2 Å². The summed E-state index contributed by atoms with van der Waals surface area (Å²) in [6.45, 7) is 1.39. The highest BCUT2D eigenvalue weighted by Crippen LogP contribution is 2.25. The van der Waals surface area contributed by atoms with E-state index in [1.54, 1.807) is 54.6 Å². The Hall–Kier alpha value is -2.39. The highest BCUT2D eigenvalue weighted by atomic mass is 79.9. The number of anilines is 1. The molecule has 1 amide bonds. The van der Waals surface area contributed by atoms with E-state index < -0.39 is 22.5 Å². The van der Waals surface area contributed by atoms with Crippen molar-refractivity contribution in [3.8, 4) is 0 Å². The van der Waals surface area contributed by atoms with E-state index in [0.29, 0.717) is 21.3 Å². The number of hydrogen-bond acceptors (Lipinski definition) is 4. The van der Waals surface area contributed by atoms with E-state index in [4.69, 9.17) is 23.2 Å². The summed E-state index contributed by atoms with van der Waals surface area (Å²) in [5, 5.41) is 4.72. The molecule has 3 aromatic carbocycles. The average Bonchev–Trinajstić information content (AvgIpc) is 2.74. The minimum Gasteiger partial charge on any atom is -0.271 e. The van der Waals surface area contributed by atoms with Crippen LogP contribution in [-0.4, -0.2) is 27.1 Å². The van der Waals surface area contributed by atoms with Gasteiger partial charge >= 0.3 is 0 Å². The monoisotopic (exact) mass is 553 g/mol. The molecule has 6 nitrogen and oxygen atoms in total. The Morgan fingerprint density at radius 3 is 2.34 bits per heavy atom. The molecule has 0 saturated carbocycles. The van der Waals surface area contributed by atoms with E-state index >= 15 is 0 Å². The fourth-order valence-electron chi connectivity index (χ4n) is 2.71. The number of halogens is 3. The van der Waals surface area contributed by atoms with Crippen LogP contribution in [0.5, 0.6) is 0 Å². The molecule has 0 aliphatic carbocycles. The maximum atomic E-state index is 13.3. The Kier molecular flexibility index (Phi) is 7.95. The van der Waals surface area contributed by atoms with Crippen LogP contribution in [0.1, 0.15) is 11.1 Å². The van der Waals surface area contributed by atoms with Crippen LogP contribution in [0.2, 0.25) is 10.0 Å². The second kappa shape index (κ2) is 10.5. The molecule has 10 heteroatoms. The Balaban J connectivity index is 1.83. The number of nitrogens with one attached hydrogen (secondary N) is 1. The van der Waals surface area contributed by atoms with Gasteiger partial charge < -0.3 is 0 Å². The van der Waals surface area contributed by atoms with Gasteiger partial charge in [0.05, 0.1) is 21.8 Å². The first-order chi connectivity index (χ1) is 15.2. The largest absolute Gasteiger partial charge is 0.271 e. The highest BCUT2D eigenvalue weighted by molar-refractivity contribution is 9.10. The van der Waals surface area contributed by atoms with E-state index in [0.717, 1.165) is 14.3 Å². The van der Waals surface area contributed by atoms with Gasteiger partial charge in [0.25, 0.3) is 15.9 Å². The zero-order chi connectivity index (χ0) is 23.3. The average molecular weight is 555 g/mol. The fraction of sp³-hybridized carbons (Fsp3) is 0.0909. The second-order valence-electron chi connectivity index (χ2n) is 6.76. The summed E-state index contributed by atoms with van der Waals surface area (Å²) >= 11 is 15.3. The van der Waals surface area contributed by atoms with Crippen LogP contribution in [0.4, 0.5) is 5.69 Å². The van der Waals surface area contributed by atoms with Gasteiger partial charge in [-0.25, -0.2) is 13.8 Å². The van der Waals surface area contributed by atoms with Crippen LogP contribution < -0.4 is 9.73 Å². The predicted octanol–water partition coefficient (Wildman–Crippen LogP) is 5.41. The molecule has 3 aromatic rings. The van der Waals surface area contributed by atoms with Gasteiger partial charge in [-0.1, -0.05) is 62.9 Å². The molecule has 0 atom stereocenters. The first kappa shape index (κ1) is 24.3. The highest BCUT2D eigenvalue weighted by Gasteiger charge is 2.27. The minimum absolute atomic E-state index is 0.0790. The second-order valence-corrected chi connectivity index (χ2v) is 10.4. The van der Waals surface area contributed by atoms with Gasteiger partial charge in [0, 0.05) is 15.1 Å². The first-order valence-electron chi connectivity index (χ1n) is 9.29. The SMILES string of the molecule is Cc1ccc(S(=O)(=O)N(CC(=O)N/N=C\c2ccc(Cl)cc2Cl)c2ccc(Br)cc2)cc1. The third-order valence-electron chi connectivity index (χ3n) is 4.37. The molecule has 0 spiro atoms. The third-order valence-corrected chi connectivity index (χ3v) is 7.25. The molecule has 1 N–H and O–H groups in total. The van der Waals surface area contributed by atoms with Crippen LogP contribution in [0, 0.1) is 6.92 Å². The maximum absolute atomic E-state index is 13.3. The number of carbonyl (C=O) groups excluding carboxylic acids is 1. The van der Waals surface area contributed by atoms with Crippen molar-refractivity contribution in [1.82, 2.24) is 5.43 Å². The first-order valence-corrected chi connectivity index (χ1v) is 12.3. The third kappa shape index (κ3) is 6.10. The van der Waals surface area contributed by atoms with E-state index in [-0.39, 0.29) is 4.90 Å². The fourth-order valence-corrected chi connectivity index (χ4v) is 4.85. The molecule has 0 heterocycles. The topological polar surface area (TPSA) is 78.8 Å². The smallest absolute Gasteiger partial charge is 0.264 e. The Morgan fingerprint density at radius 2 is 1.72 bits per heavy atom. The molecule has 0 aliphatic rings. The molecule has 166 valence electrons. The maximum Gasteiger partial charge on any atom is 0.264 e. The number of rotatable bonds is 7. The number of carbonyl (C=O) groups is 1. The normalized spacial score (nSPS) is 11.5. The summed E-state index contributed by atoms with van der Waals surface area (Å²) in [6, 6.07) is 17.9. The zero-order valence-corrected chi connectivity index (χ0v) is 20.7. The number of benzene rings is 3.